The number of sulfone groups is 1. The van der Waals surface area contributed by atoms with Crippen molar-refractivity contribution in [2.24, 2.45) is 0 Å². The molecule has 0 saturated carbocycles. The van der Waals surface area contributed by atoms with Gasteiger partial charge in [-0.15, -0.1) is 0 Å². The van der Waals surface area contributed by atoms with Gasteiger partial charge in [-0.2, -0.15) is 0 Å². The molecule has 2 aromatic rings. The van der Waals surface area contributed by atoms with E-state index in [1.807, 2.05) is 0 Å². The molecule has 0 unspecified atom stereocenters. The smallest absolute Gasteiger partial charge is 0.335 e. The summed E-state index contributed by atoms with van der Waals surface area (Å²) in [4.78, 5) is 21.8. The Kier molecular flexibility index (Phi) is 3.90. The normalized spacial score (nSPS) is 11.1. The lowest BCUT2D eigenvalue weighted by Crippen LogP contribution is -2.08. The zero-order valence-electron chi connectivity index (χ0n) is 11.1. The number of aromatic carboxylic acids is 1. The van der Waals surface area contributed by atoms with Crippen LogP contribution in [0.5, 0.6) is 0 Å². The molecule has 2 rings (SSSR count). The van der Waals surface area contributed by atoms with Crippen LogP contribution in [0.2, 0.25) is 0 Å². The fourth-order valence-corrected chi connectivity index (χ4v) is 3.68. The highest BCUT2D eigenvalue weighted by atomic mass is 32.2. The van der Waals surface area contributed by atoms with E-state index in [0.717, 1.165) is 0 Å². The molecule has 0 radical (unpaired) electrons. The predicted molar refractivity (Wildman–Crippen MR) is 75.4 cm³/mol. The van der Waals surface area contributed by atoms with Gasteiger partial charge in [-0.25, -0.2) is 13.2 Å². The molecule has 0 fully saturated rings. The summed E-state index contributed by atoms with van der Waals surface area (Å²) >= 11 is 0. The van der Waals surface area contributed by atoms with Crippen LogP contribution in [0.25, 0.3) is 0 Å². The largest absolute Gasteiger partial charge is 0.478 e. The highest BCUT2D eigenvalue weighted by Crippen LogP contribution is 2.26. The Morgan fingerprint density at radius 1 is 1.10 bits per heavy atom. The summed E-state index contributed by atoms with van der Waals surface area (Å²) in [6, 6.07) is 9.63. The minimum atomic E-state index is -3.88. The third-order valence-corrected chi connectivity index (χ3v) is 5.03. The van der Waals surface area contributed by atoms with Crippen LogP contribution in [-0.2, 0) is 9.84 Å². The Morgan fingerprint density at radius 3 is 2.33 bits per heavy atom. The van der Waals surface area contributed by atoms with Gasteiger partial charge in [0.15, 0.2) is 6.29 Å². The van der Waals surface area contributed by atoms with Crippen molar-refractivity contribution < 1.29 is 23.1 Å². The summed E-state index contributed by atoms with van der Waals surface area (Å²) in [7, 11) is -3.88. The van der Waals surface area contributed by atoms with Gasteiger partial charge >= 0.3 is 5.97 Å². The molecule has 0 aliphatic carbocycles. The third kappa shape index (κ3) is 2.71. The van der Waals surface area contributed by atoms with Gasteiger partial charge in [0, 0.05) is 5.56 Å². The van der Waals surface area contributed by atoms with E-state index in [9.17, 15) is 18.0 Å². The Balaban J connectivity index is 2.65. The molecule has 21 heavy (non-hydrogen) atoms. The Hall–Kier alpha value is -2.47. The molecule has 0 saturated heterocycles. The second-order valence-corrected chi connectivity index (χ2v) is 6.33. The number of rotatable bonds is 4. The lowest BCUT2D eigenvalue weighted by molar-refractivity contribution is 0.0696. The maximum absolute atomic E-state index is 12.6. The quantitative estimate of drug-likeness (QED) is 0.876. The monoisotopic (exact) mass is 304 g/mol. The molecular formula is C15H12O5S. The fraction of sp³-hybridized carbons (Fsp3) is 0.0667. The Labute approximate surface area is 121 Å². The zero-order valence-corrected chi connectivity index (χ0v) is 11.9. The van der Waals surface area contributed by atoms with Crippen LogP contribution in [0.3, 0.4) is 0 Å². The van der Waals surface area contributed by atoms with Gasteiger partial charge in [-0.05, 0) is 36.8 Å². The van der Waals surface area contributed by atoms with Crippen molar-refractivity contribution in [3.8, 4) is 0 Å². The Bertz CT molecular complexity index is 822. The maximum Gasteiger partial charge on any atom is 0.335 e. The number of carboxylic acid groups (broad SMARTS) is 1. The molecule has 108 valence electrons. The number of hydrogen-bond acceptors (Lipinski definition) is 4. The number of carbonyl (C=O) groups excluding carboxylic acids is 1. The van der Waals surface area contributed by atoms with Gasteiger partial charge in [0.1, 0.15) is 0 Å². The highest BCUT2D eigenvalue weighted by molar-refractivity contribution is 7.91. The first-order valence-electron chi connectivity index (χ1n) is 6.01. The van der Waals surface area contributed by atoms with E-state index in [0.29, 0.717) is 11.8 Å². The molecule has 0 amide bonds. The van der Waals surface area contributed by atoms with Gasteiger partial charge in [0.25, 0.3) is 0 Å². The topological polar surface area (TPSA) is 88.5 Å². The molecule has 0 aliphatic heterocycles. The number of aryl methyl sites for hydroxylation is 1. The number of hydrogen-bond donors (Lipinski definition) is 1. The van der Waals surface area contributed by atoms with Crippen LogP contribution in [-0.4, -0.2) is 25.8 Å². The fourth-order valence-electron chi connectivity index (χ4n) is 2.03. The number of aldehydes is 1. The van der Waals surface area contributed by atoms with E-state index in [1.165, 1.54) is 43.3 Å². The molecule has 2 aromatic carbocycles. The van der Waals surface area contributed by atoms with Gasteiger partial charge in [0.2, 0.25) is 9.84 Å². The summed E-state index contributed by atoms with van der Waals surface area (Å²) in [6.07, 6.45) is 0.480. The standard InChI is InChI=1S/C15H12O5S/c1-10-8-11(15(17)18)6-7-13(10)21(19,20)14-5-3-2-4-12(14)9-16/h2-9H,1H3,(H,17,18). The van der Waals surface area contributed by atoms with Crippen molar-refractivity contribution in [3.05, 3.63) is 59.2 Å². The van der Waals surface area contributed by atoms with Crippen molar-refractivity contribution in [1.29, 1.82) is 0 Å². The molecule has 6 heteroatoms. The molecule has 0 atom stereocenters. The maximum atomic E-state index is 12.6. The first kappa shape index (κ1) is 14.9. The molecule has 0 spiro atoms. The summed E-state index contributed by atoms with van der Waals surface area (Å²) in [6.45, 7) is 1.52. The molecule has 0 bridgehead atoms. The summed E-state index contributed by atoms with van der Waals surface area (Å²) in [5, 5.41) is 8.91. The second kappa shape index (κ2) is 5.49. The molecule has 1 N–H and O–H groups in total. The van der Waals surface area contributed by atoms with Crippen LogP contribution in [0, 0.1) is 6.92 Å². The van der Waals surface area contributed by atoms with Gasteiger partial charge < -0.3 is 5.11 Å². The van der Waals surface area contributed by atoms with Crippen molar-refractivity contribution in [3.63, 3.8) is 0 Å². The van der Waals surface area contributed by atoms with Gasteiger partial charge in [0.05, 0.1) is 15.4 Å². The van der Waals surface area contributed by atoms with Crippen LogP contribution in [0.4, 0.5) is 0 Å². The highest BCUT2D eigenvalue weighted by Gasteiger charge is 2.23. The minimum absolute atomic E-state index is 0.00937. The molecular weight excluding hydrogens is 292 g/mol. The van der Waals surface area contributed by atoms with Crippen LogP contribution < -0.4 is 0 Å². The lowest BCUT2D eigenvalue weighted by atomic mass is 10.1. The van der Waals surface area contributed by atoms with E-state index in [-0.39, 0.29) is 20.9 Å². The SMILES string of the molecule is Cc1cc(C(=O)O)ccc1S(=O)(=O)c1ccccc1C=O. The molecule has 0 aliphatic rings. The molecule has 5 nitrogen and oxygen atoms in total. The predicted octanol–water partition coefficient (Wildman–Crippen LogP) is 2.34. The molecule has 0 heterocycles. The van der Waals surface area contributed by atoms with E-state index >= 15 is 0 Å². The first-order valence-corrected chi connectivity index (χ1v) is 7.49. The third-order valence-electron chi connectivity index (χ3n) is 3.05. The Morgan fingerprint density at radius 2 is 1.76 bits per heavy atom. The van der Waals surface area contributed by atoms with E-state index in [2.05, 4.69) is 0 Å². The molecule has 0 aromatic heterocycles. The first-order chi connectivity index (χ1) is 9.87. The van der Waals surface area contributed by atoms with Crippen LogP contribution in [0.1, 0.15) is 26.3 Å². The van der Waals surface area contributed by atoms with Crippen molar-refractivity contribution in [1.82, 2.24) is 0 Å². The second-order valence-electron chi connectivity index (χ2n) is 4.44. The number of benzene rings is 2. The van der Waals surface area contributed by atoms with E-state index in [4.69, 9.17) is 5.11 Å². The van der Waals surface area contributed by atoms with E-state index in [1.54, 1.807) is 6.07 Å². The summed E-state index contributed by atoms with van der Waals surface area (Å²) < 4.78 is 25.2. The van der Waals surface area contributed by atoms with Crippen LogP contribution in [0.15, 0.2) is 52.3 Å². The minimum Gasteiger partial charge on any atom is -0.478 e. The lowest BCUT2D eigenvalue weighted by Gasteiger charge is -2.10. The number of carboxylic acids is 1. The number of carbonyl (C=O) groups is 2. The summed E-state index contributed by atoms with van der Waals surface area (Å²) in [5.74, 6) is -1.13. The van der Waals surface area contributed by atoms with Crippen molar-refractivity contribution in [2.75, 3.05) is 0 Å². The average Bonchev–Trinajstić information content (AvgIpc) is 2.46. The average molecular weight is 304 g/mol. The van der Waals surface area contributed by atoms with Crippen molar-refractivity contribution >= 4 is 22.1 Å². The zero-order chi connectivity index (χ0) is 15.6. The summed E-state index contributed by atoms with van der Waals surface area (Å²) in [5.41, 5.74) is 0.393. The van der Waals surface area contributed by atoms with Gasteiger partial charge in [-0.3, -0.25) is 4.79 Å². The van der Waals surface area contributed by atoms with Crippen LogP contribution >= 0.6 is 0 Å². The van der Waals surface area contributed by atoms with Crippen molar-refractivity contribution in [2.45, 2.75) is 16.7 Å². The van der Waals surface area contributed by atoms with E-state index < -0.39 is 15.8 Å². The van der Waals surface area contributed by atoms with Gasteiger partial charge in [-0.1, -0.05) is 18.2 Å².